The van der Waals surface area contributed by atoms with Gasteiger partial charge in [0.25, 0.3) is 0 Å². The molecule has 1 aromatic carbocycles. The Morgan fingerprint density at radius 2 is 1.70 bits per heavy atom. The highest BCUT2D eigenvalue weighted by molar-refractivity contribution is 6.39. The van der Waals surface area contributed by atoms with Crippen LogP contribution in [0.3, 0.4) is 0 Å². The first-order valence-electron chi connectivity index (χ1n) is 6.55. The van der Waals surface area contributed by atoms with E-state index in [0.29, 0.717) is 12.2 Å². The van der Waals surface area contributed by atoms with E-state index in [9.17, 15) is 9.59 Å². The van der Waals surface area contributed by atoms with Crippen LogP contribution in [0.5, 0.6) is 0 Å². The summed E-state index contributed by atoms with van der Waals surface area (Å²) < 4.78 is 0. The predicted octanol–water partition coefficient (Wildman–Crippen LogP) is -1.05. The molecule has 0 bridgehead atoms. The number of nitrogens with zero attached hydrogens (tertiary/aromatic N) is 1. The lowest BCUT2D eigenvalue weighted by molar-refractivity contribution is -0.856. The van der Waals surface area contributed by atoms with E-state index >= 15 is 0 Å². The molecule has 0 aliphatic carbocycles. The van der Waals surface area contributed by atoms with Crippen molar-refractivity contribution in [2.45, 2.75) is 0 Å². The highest BCUT2D eigenvalue weighted by Crippen LogP contribution is 2.15. The maximum atomic E-state index is 11.7. The van der Waals surface area contributed by atoms with E-state index in [1.54, 1.807) is 12.1 Å². The maximum Gasteiger partial charge on any atom is 0.313 e. The van der Waals surface area contributed by atoms with Gasteiger partial charge in [0.1, 0.15) is 0 Å². The van der Waals surface area contributed by atoms with Gasteiger partial charge in [-0.15, -0.1) is 0 Å². The number of hydrogen-bond donors (Lipinski definition) is 3. The van der Waals surface area contributed by atoms with Crippen molar-refractivity contribution < 1.29 is 14.5 Å². The average Bonchev–Trinajstić information content (AvgIpc) is 2.38. The molecule has 0 aromatic heterocycles. The number of rotatable bonds is 5. The number of quaternary nitrogens is 1. The van der Waals surface area contributed by atoms with Crippen LogP contribution < -0.4 is 20.4 Å². The lowest BCUT2D eigenvalue weighted by Gasteiger charge is -2.13. The number of carbonyl (C=O) groups is 2. The minimum Gasteiger partial charge on any atom is -0.378 e. The van der Waals surface area contributed by atoms with Gasteiger partial charge in [-0.1, -0.05) is 0 Å². The Bertz CT molecular complexity index is 455. The molecule has 0 aliphatic heterocycles. The van der Waals surface area contributed by atoms with Crippen LogP contribution in [0.1, 0.15) is 0 Å². The Morgan fingerprint density at radius 3 is 2.20 bits per heavy atom. The van der Waals surface area contributed by atoms with Gasteiger partial charge in [-0.05, 0) is 24.3 Å². The van der Waals surface area contributed by atoms with Crippen molar-refractivity contribution in [1.29, 1.82) is 0 Å². The lowest BCUT2D eigenvalue weighted by Crippen LogP contribution is -3.06. The van der Waals surface area contributed by atoms with Gasteiger partial charge in [0.15, 0.2) is 0 Å². The fraction of sp³-hybridized carbons (Fsp3) is 0.429. The van der Waals surface area contributed by atoms with Crippen molar-refractivity contribution >= 4 is 23.2 Å². The molecule has 6 nitrogen and oxygen atoms in total. The average molecular weight is 279 g/mol. The van der Waals surface area contributed by atoms with E-state index in [-0.39, 0.29) is 0 Å². The third kappa shape index (κ3) is 5.27. The summed E-state index contributed by atoms with van der Waals surface area (Å²) in [5, 5.41) is 5.15. The van der Waals surface area contributed by atoms with E-state index in [1.165, 1.54) is 4.90 Å². The van der Waals surface area contributed by atoms with Crippen molar-refractivity contribution in [2.24, 2.45) is 0 Å². The number of anilines is 2. The normalized spacial score (nSPS) is 10.2. The second-order valence-corrected chi connectivity index (χ2v) is 5.11. The Labute approximate surface area is 119 Å². The third-order valence-corrected chi connectivity index (χ3v) is 2.76. The quantitative estimate of drug-likeness (QED) is 0.603. The molecule has 110 valence electrons. The van der Waals surface area contributed by atoms with Gasteiger partial charge in [-0.2, -0.15) is 0 Å². The van der Waals surface area contributed by atoms with Gasteiger partial charge in [0.2, 0.25) is 0 Å². The van der Waals surface area contributed by atoms with Gasteiger partial charge >= 0.3 is 11.8 Å². The topological polar surface area (TPSA) is 65.9 Å². The SMILES string of the molecule is CN(C)c1ccc(NC(=O)C(=O)NCC[NH+](C)C)cc1. The highest BCUT2D eigenvalue weighted by atomic mass is 16.2. The summed E-state index contributed by atoms with van der Waals surface area (Å²) in [6.45, 7) is 1.25. The molecule has 0 radical (unpaired) electrons. The largest absolute Gasteiger partial charge is 0.378 e. The minimum atomic E-state index is -0.642. The van der Waals surface area contributed by atoms with E-state index in [1.807, 2.05) is 45.2 Å². The summed E-state index contributed by atoms with van der Waals surface area (Å²) in [6.07, 6.45) is 0. The molecule has 0 saturated carbocycles. The van der Waals surface area contributed by atoms with Crippen LogP contribution in [-0.4, -0.2) is 53.1 Å². The second kappa shape index (κ2) is 7.49. The molecule has 0 fully saturated rings. The molecular formula is C14H23N4O2+. The van der Waals surface area contributed by atoms with Crippen molar-refractivity contribution in [3.8, 4) is 0 Å². The van der Waals surface area contributed by atoms with Crippen molar-refractivity contribution in [3.63, 3.8) is 0 Å². The van der Waals surface area contributed by atoms with Crippen LogP contribution in [0, 0.1) is 0 Å². The standard InChI is InChI=1S/C14H22N4O2/c1-17(2)10-9-15-13(19)14(20)16-11-5-7-12(8-6-11)18(3)4/h5-8H,9-10H2,1-4H3,(H,15,19)(H,16,20)/p+1. The molecule has 1 aromatic rings. The molecule has 0 aliphatic rings. The van der Waals surface area contributed by atoms with E-state index in [2.05, 4.69) is 10.6 Å². The Hall–Kier alpha value is -2.08. The van der Waals surface area contributed by atoms with E-state index < -0.39 is 11.8 Å². The summed E-state index contributed by atoms with van der Waals surface area (Å²) in [5.41, 5.74) is 1.63. The zero-order chi connectivity index (χ0) is 15.1. The summed E-state index contributed by atoms with van der Waals surface area (Å²) >= 11 is 0. The molecule has 0 spiro atoms. The monoisotopic (exact) mass is 279 g/mol. The van der Waals surface area contributed by atoms with Gasteiger partial charge < -0.3 is 20.4 Å². The third-order valence-electron chi connectivity index (χ3n) is 2.76. The lowest BCUT2D eigenvalue weighted by atomic mass is 10.2. The number of amides is 2. The molecule has 3 N–H and O–H groups in total. The first-order valence-corrected chi connectivity index (χ1v) is 6.55. The summed E-state index contributed by atoms with van der Waals surface area (Å²) in [7, 11) is 7.85. The zero-order valence-corrected chi connectivity index (χ0v) is 12.5. The van der Waals surface area contributed by atoms with Crippen LogP contribution >= 0.6 is 0 Å². The molecule has 0 unspecified atom stereocenters. The van der Waals surface area contributed by atoms with Crippen molar-refractivity contribution in [3.05, 3.63) is 24.3 Å². The van der Waals surface area contributed by atoms with E-state index in [4.69, 9.17) is 0 Å². The van der Waals surface area contributed by atoms with Gasteiger partial charge in [0, 0.05) is 25.5 Å². The van der Waals surface area contributed by atoms with Crippen LogP contribution in [0.2, 0.25) is 0 Å². The van der Waals surface area contributed by atoms with Gasteiger partial charge in [0.05, 0.1) is 27.2 Å². The number of likely N-dealkylation sites (N-methyl/N-ethyl adjacent to an activating group) is 1. The Kier molecular flexibility index (Phi) is 5.99. The first kappa shape index (κ1) is 16.0. The predicted molar refractivity (Wildman–Crippen MR) is 80.1 cm³/mol. The number of hydrogen-bond acceptors (Lipinski definition) is 3. The second-order valence-electron chi connectivity index (χ2n) is 5.11. The molecular weight excluding hydrogens is 256 g/mol. The Balaban J connectivity index is 2.47. The van der Waals surface area contributed by atoms with Crippen molar-refractivity contribution in [1.82, 2.24) is 5.32 Å². The maximum absolute atomic E-state index is 11.7. The summed E-state index contributed by atoms with van der Waals surface area (Å²) in [4.78, 5) is 26.4. The summed E-state index contributed by atoms with van der Waals surface area (Å²) in [6, 6.07) is 7.29. The minimum absolute atomic E-state index is 0.480. The number of carbonyl (C=O) groups excluding carboxylic acids is 2. The summed E-state index contributed by atoms with van der Waals surface area (Å²) in [5.74, 6) is -1.25. The van der Waals surface area contributed by atoms with Crippen LogP contribution in [-0.2, 0) is 9.59 Å². The smallest absolute Gasteiger partial charge is 0.313 e. The fourth-order valence-electron chi connectivity index (χ4n) is 1.54. The number of nitrogens with one attached hydrogen (secondary N) is 3. The molecule has 0 saturated heterocycles. The number of benzene rings is 1. The molecule has 1 rings (SSSR count). The van der Waals surface area contributed by atoms with Crippen molar-refractivity contribution in [2.75, 3.05) is 51.5 Å². The Morgan fingerprint density at radius 1 is 1.10 bits per heavy atom. The molecule has 0 atom stereocenters. The molecule has 20 heavy (non-hydrogen) atoms. The highest BCUT2D eigenvalue weighted by Gasteiger charge is 2.13. The van der Waals surface area contributed by atoms with Crippen LogP contribution in [0.4, 0.5) is 11.4 Å². The van der Waals surface area contributed by atoms with Crippen LogP contribution in [0.15, 0.2) is 24.3 Å². The van der Waals surface area contributed by atoms with Gasteiger partial charge in [-0.3, -0.25) is 9.59 Å². The van der Waals surface area contributed by atoms with Gasteiger partial charge in [-0.25, -0.2) is 0 Å². The fourth-order valence-corrected chi connectivity index (χ4v) is 1.54. The molecule has 6 heteroatoms. The first-order chi connectivity index (χ1) is 9.40. The zero-order valence-electron chi connectivity index (χ0n) is 12.5. The molecule has 2 amide bonds. The molecule has 0 heterocycles. The van der Waals surface area contributed by atoms with E-state index in [0.717, 1.165) is 12.2 Å². The van der Waals surface area contributed by atoms with Crippen LogP contribution in [0.25, 0.3) is 0 Å².